The van der Waals surface area contributed by atoms with Crippen LogP contribution in [0.3, 0.4) is 0 Å². The first kappa shape index (κ1) is 17.5. The predicted octanol–water partition coefficient (Wildman–Crippen LogP) is 4.37. The van der Waals surface area contributed by atoms with Crippen molar-refractivity contribution in [3.63, 3.8) is 0 Å². The van der Waals surface area contributed by atoms with E-state index in [4.69, 9.17) is 0 Å². The summed E-state index contributed by atoms with van der Waals surface area (Å²) in [5.74, 6) is 0. The van der Waals surface area contributed by atoms with Crippen molar-refractivity contribution in [3.05, 3.63) is 29.8 Å². The zero-order valence-corrected chi connectivity index (χ0v) is 14.7. The van der Waals surface area contributed by atoms with Crippen molar-refractivity contribution in [2.45, 2.75) is 76.2 Å². The Morgan fingerprint density at radius 2 is 1.82 bits per heavy atom. The zero-order valence-electron chi connectivity index (χ0n) is 13.9. The van der Waals surface area contributed by atoms with Crippen LogP contribution in [0.5, 0.6) is 0 Å². The minimum absolute atomic E-state index is 0.118. The topological polar surface area (TPSA) is 37.4 Å². The van der Waals surface area contributed by atoms with Gasteiger partial charge in [0.2, 0.25) is 10.0 Å². The van der Waals surface area contributed by atoms with Gasteiger partial charge in [-0.2, -0.15) is 4.31 Å². The van der Waals surface area contributed by atoms with Crippen LogP contribution in [0.15, 0.2) is 29.2 Å². The van der Waals surface area contributed by atoms with Gasteiger partial charge in [-0.3, -0.25) is 0 Å². The SMILES string of the molecule is CCCCCCc1ccc(S(=O)(=O)N2CCCCC2C)cc1. The van der Waals surface area contributed by atoms with Crippen LogP contribution >= 0.6 is 0 Å². The summed E-state index contributed by atoms with van der Waals surface area (Å²) < 4.78 is 27.1. The molecule has 0 N–H and O–H groups in total. The summed E-state index contributed by atoms with van der Waals surface area (Å²) in [5.41, 5.74) is 1.24. The van der Waals surface area contributed by atoms with Crippen molar-refractivity contribution in [1.82, 2.24) is 4.31 Å². The maximum absolute atomic E-state index is 12.7. The number of hydrogen-bond acceptors (Lipinski definition) is 2. The molecule has 0 radical (unpaired) electrons. The van der Waals surface area contributed by atoms with Gasteiger partial charge in [-0.05, 0) is 50.3 Å². The van der Waals surface area contributed by atoms with Crippen molar-refractivity contribution in [2.24, 2.45) is 0 Å². The molecule has 3 nitrogen and oxygen atoms in total. The summed E-state index contributed by atoms with van der Waals surface area (Å²) in [7, 11) is -3.32. The molecule has 1 unspecified atom stereocenters. The molecule has 22 heavy (non-hydrogen) atoms. The highest BCUT2D eigenvalue weighted by atomic mass is 32.2. The van der Waals surface area contributed by atoms with Crippen LogP contribution in [-0.4, -0.2) is 25.3 Å². The monoisotopic (exact) mass is 323 g/mol. The Balaban J connectivity index is 2.02. The Hall–Kier alpha value is -0.870. The minimum Gasteiger partial charge on any atom is -0.207 e. The van der Waals surface area contributed by atoms with Gasteiger partial charge in [-0.1, -0.05) is 44.7 Å². The summed E-state index contributed by atoms with van der Waals surface area (Å²) in [6.07, 6.45) is 9.06. The summed E-state index contributed by atoms with van der Waals surface area (Å²) in [5, 5.41) is 0. The lowest BCUT2D eigenvalue weighted by atomic mass is 10.1. The third kappa shape index (κ3) is 4.32. The molecule has 0 aliphatic carbocycles. The third-order valence-corrected chi connectivity index (χ3v) is 6.62. The van der Waals surface area contributed by atoms with Gasteiger partial charge in [-0.15, -0.1) is 0 Å². The van der Waals surface area contributed by atoms with E-state index in [2.05, 4.69) is 6.92 Å². The van der Waals surface area contributed by atoms with E-state index in [1.165, 1.54) is 31.2 Å². The second kappa shape index (κ2) is 8.11. The van der Waals surface area contributed by atoms with Crippen molar-refractivity contribution in [3.8, 4) is 0 Å². The van der Waals surface area contributed by atoms with Crippen molar-refractivity contribution >= 4 is 10.0 Å². The Kier molecular flexibility index (Phi) is 6.45. The Morgan fingerprint density at radius 1 is 1.09 bits per heavy atom. The molecule has 0 amide bonds. The highest BCUT2D eigenvalue weighted by molar-refractivity contribution is 7.89. The van der Waals surface area contributed by atoms with E-state index >= 15 is 0 Å². The quantitative estimate of drug-likeness (QED) is 0.699. The second-order valence-electron chi connectivity index (χ2n) is 6.42. The highest BCUT2D eigenvalue weighted by Gasteiger charge is 2.30. The summed E-state index contributed by atoms with van der Waals surface area (Å²) >= 11 is 0. The highest BCUT2D eigenvalue weighted by Crippen LogP contribution is 2.25. The Bertz CT molecular complexity index is 551. The lowest BCUT2D eigenvalue weighted by molar-refractivity contribution is 0.268. The standard InChI is InChI=1S/C18H29NO2S/c1-3-4-5-6-10-17-11-13-18(14-12-17)22(20,21)19-15-8-7-9-16(19)2/h11-14,16H,3-10,15H2,1-2H3. The lowest BCUT2D eigenvalue weighted by Gasteiger charge is -2.32. The van der Waals surface area contributed by atoms with Crippen molar-refractivity contribution in [1.29, 1.82) is 0 Å². The van der Waals surface area contributed by atoms with Crippen LogP contribution in [0.2, 0.25) is 0 Å². The van der Waals surface area contributed by atoms with Gasteiger partial charge in [0.05, 0.1) is 4.90 Å². The fourth-order valence-electron chi connectivity index (χ4n) is 3.15. The first-order chi connectivity index (χ1) is 10.6. The van der Waals surface area contributed by atoms with Crippen LogP contribution in [0.4, 0.5) is 0 Å². The molecule has 2 rings (SSSR count). The molecule has 0 spiro atoms. The molecule has 1 aliphatic rings. The van der Waals surface area contributed by atoms with Crippen LogP contribution in [0.25, 0.3) is 0 Å². The summed E-state index contributed by atoms with van der Waals surface area (Å²) in [6, 6.07) is 7.64. The van der Waals surface area contributed by atoms with Gasteiger partial charge in [0.1, 0.15) is 0 Å². The van der Waals surface area contributed by atoms with Gasteiger partial charge < -0.3 is 0 Å². The molecule has 0 aromatic heterocycles. The first-order valence-corrected chi connectivity index (χ1v) is 10.1. The fourth-order valence-corrected chi connectivity index (χ4v) is 4.85. The largest absolute Gasteiger partial charge is 0.243 e. The Morgan fingerprint density at radius 3 is 2.45 bits per heavy atom. The average Bonchev–Trinajstić information content (AvgIpc) is 2.52. The number of rotatable bonds is 7. The molecule has 1 aromatic rings. The van der Waals surface area contributed by atoms with E-state index in [-0.39, 0.29) is 6.04 Å². The van der Waals surface area contributed by atoms with Crippen LogP contribution in [-0.2, 0) is 16.4 Å². The van der Waals surface area contributed by atoms with E-state index in [9.17, 15) is 8.42 Å². The van der Waals surface area contributed by atoms with E-state index in [1.807, 2.05) is 19.1 Å². The molecule has 124 valence electrons. The number of unbranched alkanes of at least 4 members (excludes halogenated alkanes) is 3. The molecule has 1 aliphatic heterocycles. The van der Waals surface area contributed by atoms with Gasteiger partial charge in [0, 0.05) is 12.6 Å². The maximum Gasteiger partial charge on any atom is 0.243 e. The summed E-state index contributed by atoms with van der Waals surface area (Å²) in [6.45, 7) is 4.88. The van der Waals surface area contributed by atoms with Crippen molar-refractivity contribution in [2.75, 3.05) is 6.54 Å². The van der Waals surface area contributed by atoms with E-state index < -0.39 is 10.0 Å². The first-order valence-electron chi connectivity index (χ1n) is 8.66. The number of benzene rings is 1. The molecular formula is C18H29NO2S. The van der Waals surface area contributed by atoms with Crippen LogP contribution in [0.1, 0.15) is 64.4 Å². The fraction of sp³-hybridized carbons (Fsp3) is 0.667. The molecule has 4 heteroatoms. The molecule has 0 bridgehead atoms. The van der Waals surface area contributed by atoms with E-state index in [0.717, 1.165) is 25.7 Å². The molecule has 1 fully saturated rings. The smallest absolute Gasteiger partial charge is 0.207 e. The predicted molar refractivity (Wildman–Crippen MR) is 91.5 cm³/mol. The molecule has 1 atom stereocenters. The van der Waals surface area contributed by atoms with Gasteiger partial charge in [0.25, 0.3) is 0 Å². The normalized spacial score (nSPS) is 20.2. The lowest BCUT2D eigenvalue weighted by Crippen LogP contribution is -2.41. The minimum atomic E-state index is -3.32. The van der Waals surface area contributed by atoms with Gasteiger partial charge >= 0.3 is 0 Å². The zero-order chi connectivity index (χ0) is 16.0. The number of aryl methyl sites for hydroxylation is 1. The van der Waals surface area contributed by atoms with Gasteiger partial charge in [0.15, 0.2) is 0 Å². The maximum atomic E-state index is 12.7. The Labute approximate surface area is 135 Å². The molecule has 1 aromatic carbocycles. The van der Waals surface area contributed by atoms with Gasteiger partial charge in [-0.25, -0.2) is 8.42 Å². The molecule has 0 saturated carbocycles. The number of sulfonamides is 1. The number of nitrogens with zero attached hydrogens (tertiary/aromatic N) is 1. The molecular weight excluding hydrogens is 294 g/mol. The molecule has 1 heterocycles. The van der Waals surface area contributed by atoms with Crippen LogP contribution < -0.4 is 0 Å². The third-order valence-electron chi connectivity index (χ3n) is 4.59. The molecule has 1 saturated heterocycles. The second-order valence-corrected chi connectivity index (χ2v) is 8.31. The number of hydrogen-bond donors (Lipinski definition) is 0. The number of piperidine rings is 1. The van der Waals surface area contributed by atoms with Crippen LogP contribution in [0, 0.1) is 0 Å². The average molecular weight is 324 g/mol. The van der Waals surface area contributed by atoms with Crippen molar-refractivity contribution < 1.29 is 8.42 Å². The van der Waals surface area contributed by atoms with E-state index in [0.29, 0.717) is 11.4 Å². The van der Waals surface area contributed by atoms with E-state index in [1.54, 1.807) is 16.4 Å². The summed E-state index contributed by atoms with van der Waals surface area (Å²) in [4.78, 5) is 0.443.